The van der Waals surface area contributed by atoms with E-state index in [2.05, 4.69) is 27.9 Å². The molecule has 1 aliphatic heterocycles. The van der Waals surface area contributed by atoms with E-state index in [1.54, 1.807) is 12.1 Å². The highest BCUT2D eigenvalue weighted by molar-refractivity contribution is 7.89. The average Bonchev–Trinajstić information content (AvgIpc) is 2.81. The van der Waals surface area contributed by atoms with E-state index in [0.29, 0.717) is 20.9 Å². The molecule has 0 saturated carbocycles. The maximum Gasteiger partial charge on any atom is 0.240 e. The van der Waals surface area contributed by atoms with Crippen LogP contribution >= 0.6 is 23.2 Å². The molecule has 1 atom stereocenters. The van der Waals surface area contributed by atoms with Crippen molar-refractivity contribution < 1.29 is 8.42 Å². The van der Waals surface area contributed by atoms with Gasteiger partial charge in [0.25, 0.3) is 0 Å². The van der Waals surface area contributed by atoms with Gasteiger partial charge in [-0.25, -0.2) is 13.1 Å². The summed E-state index contributed by atoms with van der Waals surface area (Å²) in [6, 6.07) is 13.3. The van der Waals surface area contributed by atoms with Crippen LogP contribution in [-0.4, -0.2) is 53.1 Å². The van der Waals surface area contributed by atoms with Gasteiger partial charge in [-0.15, -0.1) is 0 Å². The Bertz CT molecular complexity index is 992. The fourth-order valence-corrected chi connectivity index (χ4v) is 5.78. The summed E-state index contributed by atoms with van der Waals surface area (Å²) in [7, 11) is -1.99. The van der Waals surface area contributed by atoms with Crippen molar-refractivity contribution in [1.29, 1.82) is 0 Å². The molecule has 0 bridgehead atoms. The zero-order valence-corrected chi connectivity index (χ0v) is 21.1. The zero-order chi connectivity index (χ0) is 23.1. The third-order valence-corrected chi connectivity index (χ3v) is 8.58. The van der Waals surface area contributed by atoms with Crippen LogP contribution in [-0.2, 0) is 10.0 Å². The number of benzene rings is 2. The second-order valence-electron chi connectivity index (χ2n) is 8.33. The van der Waals surface area contributed by atoms with Gasteiger partial charge in [0.2, 0.25) is 10.0 Å². The number of nitrogens with zero attached hydrogens (tertiary/aromatic N) is 1. The molecule has 1 heterocycles. The lowest BCUT2D eigenvalue weighted by atomic mass is 9.89. The van der Waals surface area contributed by atoms with Gasteiger partial charge < -0.3 is 10.2 Å². The van der Waals surface area contributed by atoms with Crippen LogP contribution in [0.2, 0.25) is 10.0 Å². The number of sulfonamides is 1. The Balaban J connectivity index is 1.61. The fourth-order valence-electron chi connectivity index (χ4n) is 4.45. The largest absolute Gasteiger partial charge is 0.316 e. The summed E-state index contributed by atoms with van der Waals surface area (Å²) in [4.78, 5) is 2.90. The molecule has 8 heteroatoms. The van der Waals surface area contributed by atoms with Gasteiger partial charge in [0.05, 0.1) is 14.9 Å². The average molecular weight is 499 g/mol. The molecule has 3 rings (SSSR count). The topological polar surface area (TPSA) is 61.4 Å². The van der Waals surface area contributed by atoms with Crippen LogP contribution in [0.5, 0.6) is 0 Å². The van der Waals surface area contributed by atoms with E-state index in [1.165, 1.54) is 12.6 Å². The molecule has 1 saturated heterocycles. The van der Waals surface area contributed by atoms with Gasteiger partial charge in [0.15, 0.2) is 0 Å². The highest BCUT2D eigenvalue weighted by Gasteiger charge is 2.26. The van der Waals surface area contributed by atoms with Crippen molar-refractivity contribution in [2.24, 2.45) is 0 Å². The maximum absolute atomic E-state index is 12.4. The number of hydrogen-bond acceptors (Lipinski definition) is 4. The van der Waals surface area contributed by atoms with Crippen molar-refractivity contribution in [2.45, 2.75) is 42.9 Å². The van der Waals surface area contributed by atoms with Gasteiger partial charge in [-0.05, 0) is 93.7 Å². The quantitative estimate of drug-likeness (QED) is 0.491. The monoisotopic (exact) mass is 497 g/mol. The van der Waals surface area contributed by atoms with Gasteiger partial charge in [-0.2, -0.15) is 0 Å². The smallest absolute Gasteiger partial charge is 0.240 e. The third kappa shape index (κ3) is 6.46. The third-order valence-electron chi connectivity index (χ3n) is 6.35. The molecular weight excluding hydrogens is 465 g/mol. The number of rotatable bonds is 10. The van der Waals surface area contributed by atoms with Gasteiger partial charge >= 0.3 is 0 Å². The van der Waals surface area contributed by atoms with Crippen molar-refractivity contribution in [3.63, 3.8) is 0 Å². The summed E-state index contributed by atoms with van der Waals surface area (Å²) in [5.41, 5.74) is 2.14. The van der Waals surface area contributed by atoms with Crippen molar-refractivity contribution >= 4 is 33.2 Å². The summed E-state index contributed by atoms with van der Waals surface area (Å²) in [6.07, 6.45) is 2.95. The predicted molar refractivity (Wildman–Crippen MR) is 133 cm³/mol. The molecule has 2 aromatic rings. The molecule has 2 N–H and O–H groups in total. The molecule has 0 radical (unpaired) electrons. The first kappa shape index (κ1) is 25.5. The molecule has 1 aliphatic rings. The van der Waals surface area contributed by atoms with Crippen LogP contribution in [0.15, 0.2) is 47.4 Å². The molecular formula is C24H33Cl2N3O2S. The SMILES string of the molecule is CCNC[C@@H](CCN1CCC(c2ccccc2S(=O)(=O)NC)CC1)c1ccc(Cl)c(Cl)c1. The zero-order valence-electron chi connectivity index (χ0n) is 18.8. The second-order valence-corrected chi connectivity index (χ2v) is 11.0. The van der Waals surface area contributed by atoms with Crippen molar-refractivity contribution in [3.05, 3.63) is 63.6 Å². The molecule has 1 fully saturated rings. The molecule has 2 aromatic carbocycles. The molecule has 0 amide bonds. The van der Waals surface area contributed by atoms with E-state index >= 15 is 0 Å². The Morgan fingerprint density at radius 1 is 1.09 bits per heavy atom. The van der Waals surface area contributed by atoms with Crippen LogP contribution < -0.4 is 10.0 Å². The second kappa shape index (κ2) is 11.8. The molecule has 5 nitrogen and oxygen atoms in total. The number of likely N-dealkylation sites (tertiary alicyclic amines) is 1. The number of likely N-dealkylation sites (N-methyl/N-ethyl adjacent to an activating group) is 1. The Morgan fingerprint density at radius 3 is 2.47 bits per heavy atom. The lowest BCUT2D eigenvalue weighted by Gasteiger charge is -2.33. The first-order chi connectivity index (χ1) is 15.4. The van der Waals surface area contributed by atoms with E-state index in [-0.39, 0.29) is 5.92 Å². The Hall–Kier alpha value is -1.15. The predicted octanol–water partition coefficient (Wildman–Crippen LogP) is 4.86. The van der Waals surface area contributed by atoms with E-state index in [1.807, 2.05) is 24.3 Å². The highest BCUT2D eigenvalue weighted by atomic mass is 35.5. The lowest BCUT2D eigenvalue weighted by Crippen LogP contribution is -2.35. The van der Waals surface area contributed by atoms with Gasteiger partial charge in [0.1, 0.15) is 0 Å². The van der Waals surface area contributed by atoms with Crippen LogP contribution in [0.3, 0.4) is 0 Å². The Morgan fingerprint density at radius 2 is 1.81 bits per heavy atom. The summed E-state index contributed by atoms with van der Waals surface area (Å²) in [6.45, 7) is 6.88. The van der Waals surface area contributed by atoms with E-state index in [4.69, 9.17) is 23.2 Å². The van der Waals surface area contributed by atoms with E-state index < -0.39 is 10.0 Å². The highest BCUT2D eigenvalue weighted by Crippen LogP contribution is 2.33. The van der Waals surface area contributed by atoms with Gasteiger partial charge in [-0.3, -0.25) is 0 Å². The van der Waals surface area contributed by atoms with Gasteiger partial charge in [-0.1, -0.05) is 54.4 Å². The first-order valence-corrected chi connectivity index (χ1v) is 13.5. The summed E-state index contributed by atoms with van der Waals surface area (Å²) < 4.78 is 27.3. The number of hydrogen-bond donors (Lipinski definition) is 2. The number of piperidine rings is 1. The minimum atomic E-state index is -3.45. The molecule has 0 aliphatic carbocycles. The molecule has 0 unspecified atom stereocenters. The van der Waals surface area contributed by atoms with Crippen LogP contribution in [0.1, 0.15) is 49.1 Å². The van der Waals surface area contributed by atoms with Gasteiger partial charge in [0, 0.05) is 6.54 Å². The summed E-state index contributed by atoms with van der Waals surface area (Å²) >= 11 is 12.4. The van der Waals surface area contributed by atoms with Crippen LogP contribution in [0.4, 0.5) is 0 Å². The van der Waals surface area contributed by atoms with Crippen molar-refractivity contribution in [2.75, 3.05) is 39.8 Å². The standard InChI is InChI=1S/C24H33Cl2N3O2S/c1-3-28-17-20(19-8-9-22(25)23(26)16-19)12-15-29-13-10-18(11-14-29)21-6-4-5-7-24(21)32(30,31)27-2/h4-9,16,18,20,27-28H,3,10-15,17H2,1-2H3/t20-/m1/s1. The Labute approximate surface area is 202 Å². The molecule has 0 aromatic heterocycles. The lowest BCUT2D eigenvalue weighted by molar-refractivity contribution is 0.204. The minimum absolute atomic E-state index is 0.262. The molecule has 32 heavy (non-hydrogen) atoms. The van der Waals surface area contributed by atoms with Crippen LogP contribution in [0.25, 0.3) is 0 Å². The first-order valence-electron chi connectivity index (χ1n) is 11.3. The summed E-state index contributed by atoms with van der Waals surface area (Å²) in [5.74, 6) is 0.627. The maximum atomic E-state index is 12.4. The summed E-state index contributed by atoms with van der Waals surface area (Å²) in [5, 5.41) is 4.65. The number of halogens is 2. The van der Waals surface area contributed by atoms with Crippen molar-refractivity contribution in [3.8, 4) is 0 Å². The van der Waals surface area contributed by atoms with Crippen LogP contribution in [0, 0.1) is 0 Å². The minimum Gasteiger partial charge on any atom is -0.316 e. The molecule has 0 spiro atoms. The van der Waals surface area contributed by atoms with E-state index in [0.717, 1.165) is 57.5 Å². The molecule has 176 valence electrons. The fraction of sp³-hybridized carbons (Fsp3) is 0.500. The normalized spacial score (nSPS) is 16.9. The Kier molecular flexibility index (Phi) is 9.41. The van der Waals surface area contributed by atoms with Crippen molar-refractivity contribution in [1.82, 2.24) is 14.9 Å². The number of nitrogens with one attached hydrogen (secondary N) is 2. The van der Waals surface area contributed by atoms with E-state index in [9.17, 15) is 8.42 Å².